The summed E-state index contributed by atoms with van der Waals surface area (Å²) < 4.78 is 0. The number of nitrogens with zero attached hydrogens (tertiary/aromatic N) is 2. The Morgan fingerprint density at radius 2 is 2.00 bits per heavy atom. The largest absolute Gasteiger partial charge is 0.306 e. The van der Waals surface area contributed by atoms with Crippen LogP contribution in [-0.2, 0) is 0 Å². The van der Waals surface area contributed by atoms with Gasteiger partial charge in [-0.2, -0.15) is 0 Å². The van der Waals surface area contributed by atoms with Crippen molar-refractivity contribution >= 4 is 15.9 Å². The molecule has 0 saturated carbocycles. The van der Waals surface area contributed by atoms with Gasteiger partial charge < -0.3 is 9.80 Å². The second-order valence-corrected chi connectivity index (χ2v) is 6.52. The van der Waals surface area contributed by atoms with E-state index in [1.54, 1.807) is 0 Å². The van der Waals surface area contributed by atoms with Crippen LogP contribution < -0.4 is 0 Å². The number of hydrogen-bond donors (Lipinski definition) is 0. The molecule has 1 aliphatic heterocycles. The van der Waals surface area contributed by atoms with Crippen LogP contribution in [0.4, 0.5) is 0 Å². The van der Waals surface area contributed by atoms with Gasteiger partial charge >= 0.3 is 0 Å². The number of halogens is 1. The molecule has 1 rings (SSSR count). The number of rotatable bonds is 7. The van der Waals surface area contributed by atoms with Crippen molar-refractivity contribution in [2.24, 2.45) is 11.3 Å². The van der Waals surface area contributed by atoms with E-state index in [2.05, 4.69) is 53.7 Å². The Labute approximate surface area is 116 Å². The monoisotopic (exact) mass is 304 g/mol. The zero-order valence-electron chi connectivity index (χ0n) is 12.0. The first-order valence-corrected chi connectivity index (χ1v) is 8.10. The third kappa shape index (κ3) is 4.53. The van der Waals surface area contributed by atoms with Crippen molar-refractivity contribution in [2.75, 3.05) is 45.6 Å². The molecule has 17 heavy (non-hydrogen) atoms. The molecule has 0 spiro atoms. The molecule has 0 aromatic heterocycles. The quantitative estimate of drug-likeness (QED) is 0.667. The fourth-order valence-corrected chi connectivity index (χ4v) is 3.93. The molecule has 0 radical (unpaired) electrons. The second kappa shape index (κ2) is 7.10. The highest BCUT2D eigenvalue weighted by Gasteiger charge is 2.28. The molecule has 1 atom stereocenters. The lowest BCUT2D eigenvalue weighted by Crippen LogP contribution is -2.38. The molecule has 1 unspecified atom stereocenters. The Balaban J connectivity index is 2.39. The summed E-state index contributed by atoms with van der Waals surface area (Å²) in [6.07, 6.45) is 3.91. The molecule has 2 nitrogen and oxygen atoms in total. The highest BCUT2D eigenvalue weighted by molar-refractivity contribution is 9.09. The van der Waals surface area contributed by atoms with Crippen molar-refractivity contribution in [3.63, 3.8) is 0 Å². The Kier molecular flexibility index (Phi) is 6.46. The molecule has 3 heteroatoms. The van der Waals surface area contributed by atoms with Crippen LogP contribution in [0.1, 0.15) is 33.1 Å². The molecule has 1 aliphatic rings. The van der Waals surface area contributed by atoms with Crippen molar-refractivity contribution in [3.8, 4) is 0 Å². The van der Waals surface area contributed by atoms with Crippen LogP contribution in [0.3, 0.4) is 0 Å². The third-order valence-corrected chi connectivity index (χ3v) is 5.64. The molecular weight excluding hydrogens is 276 g/mol. The zero-order valence-corrected chi connectivity index (χ0v) is 13.6. The Morgan fingerprint density at radius 1 is 1.35 bits per heavy atom. The van der Waals surface area contributed by atoms with Crippen LogP contribution >= 0.6 is 15.9 Å². The SMILES string of the molecule is CCC(CC)(CBr)CN(C)CC1CCN(C)C1. The average molecular weight is 305 g/mol. The van der Waals surface area contributed by atoms with Gasteiger partial charge in [-0.1, -0.05) is 29.8 Å². The van der Waals surface area contributed by atoms with E-state index in [1.165, 1.54) is 45.4 Å². The number of hydrogen-bond acceptors (Lipinski definition) is 2. The van der Waals surface area contributed by atoms with Gasteiger partial charge in [0.05, 0.1) is 0 Å². The zero-order chi connectivity index (χ0) is 12.9. The third-order valence-electron chi connectivity index (χ3n) is 4.45. The maximum absolute atomic E-state index is 3.71. The summed E-state index contributed by atoms with van der Waals surface area (Å²) in [4.78, 5) is 5.01. The molecule has 0 aromatic rings. The maximum atomic E-state index is 3.71. The standard InChI is InChI=1S/C14H29BrN2/c1-5-14(6-2,11-15)12-17(4)10-13-7-8-16(3)9-13/h13H,5-12H2,1-4H3. The van der Waals surface area contributed by atoms with Gasteiger partial charge in [0.15, 0.2) is 0 Å². The Morgan fingerprint density at radius 3 is 2.41 bits per heavy atom. The molecule has 102 valence electrons. The van der Waals surface area contributed by atoms with Gasteiger partial charge in [0, 0.05) is 25.0 Å². The Hall–Kier alpha value is 0.400. The van der Waals surface area contributed by atoms with Gasteiger partial charge in [-0.3, -0.25) is 0 Å². The summed E-state index contributed by atoms with van der Waals surface area (Å²) >= 11 is 3.71. The van der Waals surface area contributed by atoms with Crippen molar-refractivity contribution < 1.29 is 0 Å². The molecule has 0 amide bonds. The second-order valence-electron chi connectivity index (χ2n) is 5.95. The van der Waals surface area contributed by atoms with E-state index >= 15 is 0 Å². The van der Waals surface area contributed by atoms with Crippen LogP contribution in [0.25, 0.3) is 0 Å². The topological polar surface area (TPSA) is 6.48 Å². The van der Waals surface area contributed by atoms with Crippen LogP contribution in [0, 0.1) is 11.3 Å². The van der Waals surface area contributed by atoms with Gasteiger partial charge in [-0.15, -0.1) is 0 Å². The fourth-order valence-electron chi connectivity index (χ4n) is 2.96. The van der Waals surface area contributed by atoms with Gasteiger partial charge in [0.25, 0.3) is 0 Å². The molecule has 1 saturated heterocycles. The van der Waals surface area contributed by atoms with E-state index in [0.717, 1.165) is 11.2 Å². The van der Waals surface area contributed by atoms with E-state index < -0.39 is 0 Å². The average Bonchev–Trinajstić information content (AvgIpc) is 2.72. The van der Waals surface area contributed by atoms with E-state index in [9.17, 15) is 0 Å². The fraction of sp³-hybridized carbons (Fsp3) is 1.00. The minimum absolute atomic E-state index is 0.471. The number of alkyl halides is 1. The molecule has 0 N–H and O–H groups in total. The van der Waals surface area contributed by atoms with Gasteiger partial charge in [0.2, 0.25) is 0 Å². The van der Waals surface area contributed by atoms with Crippen molar-refractivity contribution in [1.29, 1.82) is 0 Å². The molecule has 0 bridgehead atoms. The van der Waals surface area contributed by atoms with Crippen molar-refractivity contribution in [1.82, 2.24) is 9.80 Å². The first-order valence-electron chi connectivity index (χ1n) is 6.98. The van der Waals surface area contributed by atoms with Crippen molar-refractivity contribution in [2.45, 2.75) is 33.1 Å². The predicted molar refractivity (Wildman–Crippen MR) is 79.9 cm³/mol. The van der Waals surface area contributed by atoms with Crippen LogP contribution in [0.15, 0.2) is 0 Å². The van der Waals surface area contributed by atoms with Gasteiger partial charge in [-0.05, 0) is 51.2 Å². The summed E-state index contributed by atoms with van der Waals surface area (Å²) in [5, 5.41) is 1.13. The van der Waals surface area contributed by atoms with Crippen LogP contribution in [0.2, 0.25) is 0 Å². The molecule has 1 fully saturated rings. The Bertz CT molecular complexity index is 208. The molecule has 1 heterocycles. The minimum Gasteiger partial charge on any atom is -0.306 e. The van der Waals surface area contributed by atoms with Gasteiger partial charge in [0.1, 0.15) is 0 Å². The first-order chi connectivity index (χ1) is 8.05. The summed E-state index contributed by atoms with van der Waals surface area (Å²) in [5.74, 6) is 0.881. The van der Waals surface area contributed by atoms with E-state index in [0.29, 0.717) is 5.41 Å². The highest BCUT2D eigenvalue weighted by atomic mass is 79.9. The van der Waals surface area contributed by atoms with E-state index in [4.69, 9.17) is 0 Å². The molecule has 0 aromatic carbocycles. The maximum Gasteiger partial charge on any atom is 0.01000 e. The van der Waals surface area contributed by atoms with E-state index in [1.807, 2.05) is 0 Å². The van der Waals surface area contributed by atoms with Crippen molar-refractivity contribution in [3.05, 3.63) is 0 Å². The normalized spacial score (nSPS) is 22.6. The molecular formula is C14H29BrN2. The predicted octanol–water partition coefficient (Wildman–Crippen LogP) is 3.07. The highest BCUT2D eigenvalue weighted by Crippen LogP contribution is 2.30. The van der Waals surface area contributed by atoms with Crippen LogP contribution in [-0.4, -0.2) is 55.4 Å². The first kappa shape index (κ1) is 15.5. The summed E-state index contributed by atoms with van der Waals surface area (Å²) in [6, 6.07) is 0. The van der Waals surface area contributed by atoms with Gasteiger partial charge in [-0.25, -0.2) is 0 Å². The summed E-state index contributed by atoms with van der Waals surface area (Å²) in [5.41, 5.74) is 0.471. The smallest absolute Gasteiger partial charge is 0.01000 e. The summed E-state index contributed by atoms with van der Waals surface area (Å²) in [7, 11) is 4.53. The lowest BCUT2D eigenvalue weighted by molar-refractivity contribution is 0.167. The summed E-state index contributed by atoms with van der Waals surface area (Å²) in [6.45, 7) is 9.70. The minimum atomic E-state index is 0.471. The van der Waals surface area contributed by atoms with E-state index in [-0.39, 0.29) is 0 Å². The lowest BCUT2D eigenvalue weighted by atomic mass is 9.84. The molecule has 0 aliphatic carbocycles. The number of likely N-dealkylation sites (tertiary alicyclic amines) is 1. The lowest BCUT2D eigenvalue weighted by Gasteiger charge is -2.35. The van der Waals surface area contributed by atoms with Crippen LogP contribution in [0.5, 0.6) is 0 Å².